The van der Waals surface area contributed by atoms with Gasteiger partial charge in [0.15, 0.2) is 12.2 Å². The van der Waals surface area contributed by atoms with Gasteiger partial charge in [0.2, 0.25) is 0 Å². The Balaban J connectivity index is 5.07. The van der Waals surface area contributed by atoms with Crippen LogP contribution < -0.4 is 0 Å². The zero-order chi connectivity index (χ0) is 62.6. The van der Waals surface area contributed by atoms with E-state index in [4.69, 9.17) is 37.0 Å². The largest absolute Gasteiger partial charge is 0.472 e. The quantitative estimate of drug-likeness (QED) is 0.0222. The molecule has 0 spiro atoms. The molecule has 0 aromatic rings. The Labute approximate surface area is 517 Å². The minimum atomic E-state index is -4.94. The lowest BCUT2D eigenvalue weighted by molar-refractivity contribution is -0.161. The smallest absolute Gasteiger partial charge is 0.462 e. The molecule has 0 aliphatic rings. The molecule has 0 radical (unpaired) electrons. The molecule has 5 atom stereocenters. The van der Waals surface area contributed by atoms with Gasteiger partial charge in [0.25, 0.3) is 0 Å². The summed E-state index contributed by atoms with van der Waals surface area (Å²) in [5, 5.41) is 10.5. The van der Waals surface area contributed by atoms with Crippen LogP contribution in [0.5, 0.6) is 0 Å². The molecule has 0 aliphatic heterocycles. The average molecular weight is 1260 g/mol. The molecule has 85 heavy (non-hydrogen) atoms. The van der Waals surface area contributed by atoms with E-state index in [0.29, 0.717) is 25.7 Å². The van der Waals surface area contributed by atoms with Gasteiger partial charge >= 0.3 is 39.5 Å². The fourth-order valence-corrected chi connectivity index (χ4v) is 11.6. The van der Waals surface area contributed by atoms with Gasteiger partial charge in [0.1, 0.15) is 19.3 Å². The molecule has 0 aromatic heterocycles. The van der Waals surface area contributed by atoms with Crippen molar-refractivity contribution in [1.82, 2.24) is 0 Å². The summed E-state index contributed by atoms with van der Waals surface area (Å²) in [7, 11) is -9.87. The molecule has 19 heteroatoms. The van der Waals surface area contributed by atoms with Crippen LogP contribution in [-0.2, 0) is 65.4 Å². The standard InChI is InChI=1S/C66H128O17P2/c1-5-9-13-17-19-21-23-25-27-29-31-33-35-37-39-41-45-49-53-66(71)83-62(57-77-64(69)51-47-44-40-38-36-34-32-30-28-26-24-22-20-18-14-10-6-2)59-81-85(74,75)79-55-60(67)54-78-84(72,73)80-58-61(82-65(70)52-48-43-16-12-8-4)56-76-63(68)50-46-42-15-11-7-3/h60-62,67H,5-59H2,1-4H3,(H,72,73)(H,74,75)/t60-,61+,62+/m0/s1. The van der Waals surface area contributed by atoms with Gasteiger partial charge < -0.3 is 33.8 Å². The highest BCUT2D eigenvalue weighted by Crippen LogP contribution is 2.45. The summed E-state index contributed by atoms with van der Waals surface area (Å²) in [6, 6.07) is 0. The van der Waals surface area contributed by atoms with Crippen LogP contribution >= 0.6 is 15.6 Å². The van der Waals surface area contributed by atoms with Crippen LogP contribution in [0.1, 0.15) is 342 Å². The van der Waals surface area contributed by atoms with E-state index in [9.17, 15) is 43.2 Å². The minimum Gasteiger partial charge on any atom is -0.462 e. The summed E-state index contributed by atoms with van der Waals surface area (Å²) >= 11 is 0. The van der Waals surface area contributed by atoms with Crippen LogP contribution in [0.25, 0.3) is 0 Å². The highest BCUT2D eigenvalue weighted by molar-refractivity contribution is 7.47. The molecule has 0 amide bonds. The van der Waals surface area contributed by atoms with Crippen LogP contribution in [-0.4, -0.2) is 96.7 Å². The zero-order valence-electron chi connectivity index (χ0n) is 54.6. The third kappa shape index (κ3) is 60.7. The Hall–Kier alpha value is -1.94. The van der Waals surface area contributed by atoms with Crippen LogP contribution in [0.3, 0.4) is 0 Å². The maximum atomic E-state index is 13.0. The Morgan fingerprint density at radius 1 is 0.282 bits per heavy atom. The second-order valence-electron chi connectivity index (χ2n) is 23.9. The number of hydrogen-bond donors (Lipinski definition) is 3. The first-order chi connectivity index (χ1) is 41.2. The van der Waals surface area contributed by atoms with Gasteiger partial charge in [-0.1, -0.05) is 291 Å². The van der Waals surface area contributed by atoms with Gasteiger partial charge in [-0.05, 0) is 25.7 Å². The van der Waals surface area contributed by atoms with Crippen LogP contribution in [0.4, 0.5) is 0 Å². The molecule has 0 saturated carbocycles. The zero-order valence-corrected chi connectivity index (χ0v) is 56.4. The molecule has 0 saturated heterocycles. The summed E-state index contributed by atoms with van der Waals surface area (Å²) in [6.07, 6.45) is 48.2. The van der Waals surface area contributed by atoms with E-state index in [1.165, 1.54) is 167 Å². The lowest BCUT2D eigenvalue weighted by Gasteiger charge is -2.21. The number of carbonyl (C=O) groups is 4. The van der Waals surface area contributed by atoms with E-state index in [1.807, 2.05) is 0 Å². The predicted molar refractivity (Wildman–Crippen MR) is 340 cm³/mol. The first-order valence-electron chi connectivity index (χ1n) is 34.8. The summed E-state index contributed by atoms with van der Waals surface area (Å²) < 4.78 is 67.6. The summed E-state index contributed by atoms with van der Waals surface area (Å²) in [6.45, 7) is 4.73. The molecule has 0 aromatic carbocycles. The van der Waals surface area contributed by atoms with Crippen molar-refractivity contribution in [1.29, 1.82) is 0 Å². The highest BCUT2D eigenvalue weighted by atomic mass is 31.2. The lowest BCUT2D eigenvalue weighted by Crippen LogP contribution is -2.30. The molecular weight excluding hydrogens is 1130 g/mol. The third-order valence-electron chi connectivity index (χ3n) is 15.4. The van der Waals surface area contributed by atoms with Crippen molar-refractivity contribution in [2.75, 3.05) is 39.6 Å². The number of hydrogen-bond acceptors (Lipinski definition) is 15. The van der Waals surface area contributed by atoms with Gasteiger partial charge in [-0.15, -0.1) is 0 Å². The number of carbonyl (C=O) groups excluding carboxylic acids is 4. The molecule has 0 aliphatic carbocycles. The average Bonchev–Trinajstić information content (AvgIpc) is 3.55. The number of aliphatic hydroxyl groups is 1. The SMILES string of the molecule is CCCCCCCCCCCCCCCCCCCCC(=O)O[C@H](COC(=O)CCCCCCCCCCCCCCCCCCC)COP(=O)(O)OC[C@@H](O)COP(=O)(O)OC[C@@H](COC(=O)CCCCCCC)OC(=O)CCCCCCC. The number of phosphoric ester groups is 2. The molecule has 504 valence electrons. The Morgan fingerprint density at radius 3 is 0.694 bits per heavy atom. The summed E-state index contributed by atoms with van der Waals surface area (Å²) in [4.78, 5) is 71.8. The van der Waals surface area contributed by atoms with E-state index in [-0.39, 0.29) is 25.7 Å². The van der Waals surface area contributed by atoms with E-state index in [2.05, 4.69) is 27.7 Å². The molecule has 0 heterocycles. The van der Waals surface area contributed by atoms with Crippen LogP contribution in [0.2, 0.25) is 0 Å². The number of rotatable bonds is 67. The maximum absolute atomic E-state index is 13.0. The summed E-state index contributed by atoms with van der Waals surface area (Å²) in [5.74, 6) is -2.15. The molecular formula is C66H128O17P2. The van der Waals surface area contributed by atoms with Crippen molar-refractivity contribution >= 4 is 39.5 Å². The molecule has 0 fully saturated rings. The van der Waals surface area contributed by atoms with Crippen molar-refractivity contribution in [3.63, 3.8) is 0 Å². The summed E-state index contributed by atoms with van der Waals surface area (Å²) in [5.41, 5.74) is 0. The Morgan fingerprint density at radius 2 is 0.471 bits per heavy atom. The van der Waals surface area contributed by atoms with Crippen molar-refractivity contribution in [3.8, 4) is 0 Å². The van der Waals surface area contributed by atoms with Gasteiger partial charge in [-0.25, -0.2) is 9.13 Å². The van der Waals surface area contributed by atoms with Crippen molar-refractivity contribution < 1.29 is 80.2 Å². The van der Waals surface area contributed by atoms with Crippen molar-refractivity contribution in [2.45, 2.75) is 361 Å². The van der Waals surface area contributed by atoms with E-state index in [1.54, 1.807) is 0 Å². The number of aliphatic hydroxyl groups excluding tert-OH is 1. The van der Waals surface area contributed by atoms with Crippen LogP contribution in [0.15, 0.2) is 0 Å². The fourth-order valence-electron chi connectivity index (χ4n) is 9.99. The second kappa shape index (κ2) is 60.9. The molecule has 17 nitrogen and oxygen atoms in total. The molecule has 3 N–H and O–H groups in total. The first-order valence-corrected chi connectivity index (χ1v) is 37.8. The normalized spacial score (nSPS) is 14.1. The van der Waals surface area contributed by atoms with Gasteiger partial charge in [0.05, 0.1) is 26.4 Å². The lowest BCUT2D eigenvalue weighted by atomic mass is 10.0. The predicted octanol–water partition coefficient (Wildman–Crippen LogP) is 18.7. The van der Waals surface area contributed by atoms with E-state index >= 15 is 0 Å². The van der Waals surface area contributed by atoms with Crippen LogP contribution in [0, 0.1) is 0 Å². The van der Waals surface area contributed by atoms with Gasteiger partial charge in [0, 0.05) is 25.7 Å². The Kier molecular flexibility index (Phi) is 59.6. The monoisotopic (exact) mass is 1250 g/mol. The fraction of sp³-hybridized carbons (Fsp3) is 0.939. The topological polar surface area (TPSA) is 237 Å². The third-order valence-corrected chi connectivity index (χ3v) is 17.3. The number of ether oxygens (including phenoxy) is 4. The van der Waals surface area contributed by atoms with E-state index < -0.39 is 97.5 Å². The highest BCUT2D eigenvalue weighted by Gasteiger charge is 2.30. The van der Waals surface area contributed by atoms with Gasteiger partial charge in [-0.2, -0.15) is 0 Å². The van der Waals surface area contributed by atoms with E-state index in [0.717, 1.165) is 96.3 Å². The Bertz CT molecular complexity index is 1640. The van der Waals surface area contributed by atoms with Crippen molar-refractivity contribution in [3.05, 3.63) is 0 Å². The van der Waals surface area contributed by atoms with Crippen molar-refractivity contribution in [2.24, 2.45) is 0 Å². The minimum absolute atomic E-state index is 0.0993. The number of phosphoric acid groups is 2. The van der Waals surface area contributed by atoms with Gasteiger partial charge in [-0.3, -0.25) is 37.3 Å². The number of esters is 4. The number of unbranched alkanes of at least 4 members (excludes halogenated alkanes) is 41. The molecule has 0 bridgehead atoms. The molecule has 0 rings (SSSR count). The second-order valence-corrected chi connectivity index (χ2v) is 26.8. The molecule has 2 unspecified atom stereocenters. The maximum Gasteiger partial charge on any atom is 0.472 e. The first kappa shape index (κ1) is 83.1.